The zero-order chi connectivity index (χ0) is 17.5. The first-order valence-electron chi connectivity index (χ1n) is 9.58. The van der Waals surface area contributed by atoms with Crippen LogP contribution in [0.1, 0.15) is 30.9 Å². The van der Waals surface area contributed by atoms with E-state index in [9.17, 15) is 0 Å². The van der Waals surface area contributed by atoms with Crippen LogP contribution < -0.4 is 10.1 Å². The topological polar surface area (TPSA) is 46.1 Å². The van der Waals surface area contributed by atoms with Gasteiger partial charge in [0.2, 0.25) is 0 Å². The first-order chi connectivity index (χ1) is 12.3. The van der Waals surface area contributed by atoms with Gasteiger partial charge in [0.15, 0.2) is 5.96 Å². The van der Waals surface area contributed by atoms with Crippen molar-refractivity contribution in [3.63, 3.8) is 0 Å². The van der Waals surface area contributed by atoms with Crippen molar-refractivity contribution in [2.24, 2.45) is 10.9 Å². The number of ether oxygens (including phenoxy) is 2. The van der Waals surface area contributed by atoms with Crippen molar-refractivity contribution in [2.75, 3.05) is 46.5 Å². The second-order valence-electron chi connectivity index (χ2n) is 6.97. The minimum atomic E-state index is 0.766. The lowest BCUT2D eigenvalue weighted by Gasteiger charge is -2.22. The largest absolute Gasteiger partial charge is 0.493 e. The molecular formula is C20H31N3O2. The molecule has 2 aliphatic rings. The van der Waals surface area contributed by atoms with Gasteiger partial charge in [-0.1, -0.05) is 12.1 Å². The molecule has 0 atom stereocenters. The molecule has 0 radical (unpaired) electrons. The zero-order valence-corrected chi connectivity index (χ0v) is 15.6. The van der Waals surface area contributed by atoms with E-state index in [1.807, 2.05) is 0 Å². The van der Waals surface area contributed by atoms with E-state index in [-0.39, 0.29) is 0 Å². The molecule has 1 aliphatic heterocycles. The molecule has 3 rings (SSSR count). The summed E-state index contributed by atoms with van der Waals surface area (Å²) in [5.41, 5.74) is 2.66. The van der Waals surface area contributed by atoms with Gasteiger partial charge in [0, 0.05) is 39.7 Å². The SMILES string of the molecule is CCNC(=NCCc1ccc2c(c1)CCO2)N(C)CCOCC1CC1. The summed E-state index contributed by atoms with van der Waals surface area (Å²) < 4.78 is 11.3. The van der Waals surface area contributed by atoms with Crippen molar-refractivity contribution < 1.29 is 9.47 Å². The van der Waals surface area contributed by atoms with E-state index < -0.39 is 0 Å². The molecule has 1 heterocycles. The maximum absolute atomic E-state index is 5.74. The highest BCUT2D eigenvalue weighted by Crippen LogP contribution is 2.28. The predicted molar refractivity (Wildman–Crippen MR) is 101 cm³/mol. The Morgan fingerprint density at radius 2 is 2.28 bits per heavy atom. The summed E-state index contributed by atoms with van der Waals surface area (Å²) in [6, 6.07) is 6.51. The van der Waals surface area contributed by atoms with Crippen LogP contribution in [0.25, 0.3) is 0 Å². The summed E-state index contributed by atoms with van der Waals surface area (Å²) in [6.07, 6.45) is 4.66. The van der Waals surface area contributed by atoms with Crippen molar-refractivity contribution >= 4 is 5.96 Å². The zero-order valence-electron chi connectivity index (χ0n) is 15.6. The van der Waals surface area contributed by atoms with Gasteiger partial charge < -0.3 is 19.7 Å². The van der Waals surface area contributed by atoms with Gasteiger partial charge in [-0.15, -0.1) is 0 Å². The minimum Gasteiger partial charge on any atom is -0.493 e. The van der Waals surface area contributed by atoms with Crippen LogP contribution in [0.4, 0.5) is 0 Å². The van der Waals surface area contributed by atoms with Crippen molar-refractivity contribution in [1.82, 2.24) is 10.2 Å². The second-order valence-corrected chi connectivity index (χ2v) is 6.97. The van der Waals surface area contributed by atoms with Gasteiger partial charge in [0.1, 0.15) is 5.75 Å². The lowest BCUT2D eigenvalue weighted by atomic mass is 10.1. The van der Waals surface area contributed by atoms with Crippen molar-refractivity contribution in [3.8, 4) is 5.75 Å². The summed E-state index contributed by atoms with van der Waals surface area (Å²) in [4.78, 5) is 6.93. The molecule has 1 fully saturated rings. The Hall–Kier alpha value is -1.75. The maximum Gasteiger partial charge on any atom is 0.193 e. The number of rotatable bonds is 9. The van der Waals surface area contributed by atoms with Crippen LogP contribution in [0.3, 0.4) is 0 Å². The lowest BCUT2D eigenvalue weighted by Crippen LogP contribution is -2.40. The third kappa shape index (κ3) is 5.63. The summed E-state index contributed by atoms with van der Waals surface area (Å²) in [6.45, 7) is 7.14. The molecule has 1 saturated carbocycles. The number of nitrogens with zero attached hydrogens (tertiary/aromatic N) is 2. The molecule has 0 spiro atoms. The molecular weight excluding hydrogens is 314 g/mol. The quantitative estimate of drug-likeness (QED) is 0.424. The Morgan fingerprint density at radius 1 is 1.40 bits per heavy atom. The Bertz CT molecular complexity index is 584. The Morgan fingerprint density at radius 3 is 3.08 bits per heavy atom. The summed E-state index contributed by atoms with van der Waals surface area (Å²) in [5, 5.41) is 3.37. The number of nitrogens with one attached hydrogen (secondary N) is 1. The van der Waals surface area contributed by atoms with Gasteiger partial charge in [-0.25, -0.2) is 0 Å². The van der Waals surface area contributed by atoms with Crippen LogP contribution >= 0.6 is 0 Å². The fraction of sp³-hybridized carbons (Fsp3) is 0.650. The molecule has 5 heteroatoms. The first-order valence-corrected chi connectivity index (χ1v) is 9.58. The van der Waals surface area contributed by atoms with Crippen LogP contribution in [-0.4, -0.2) is 57.4 Å². The average molecular weight is 345 g/mol. The summed E-state index contributed by atoms with van der Waals surface area (Å²) >= 11 is 0. The molecule has 1 aliphatic carbocycles. The number of benzene rings is 1. The highest BCUT2D eigenvalue weighted by molar-refractivity contribution is 5.79. The van der Waals surface area contributed by atoms with Gasteiger partial charge >= 0.3 is 0 Å². The molecule has 0 unspecified atom stereocenters. The summed E-state index contributed by atoms with van der Waals surface area (Å²) in [7, 11) is 2.08. The molecule has 0 bridgehead atoms. The molecule has 0 aromatic heterocycles. The minimum absolute atomic E-state index is 0.766. The first kappa shape index (κ1) is 18.1. The van der Waals surface area contributed by atoms with E-state index in [2.05, 4.69) is 42.4 Å². The molecule has 5 nitrogen and oxygen atoms in total. The Balaban J connectivity index is 1.45. The lowest BCUT2D eigenvalue weighted by molar-refractivity contribution is 0.115. The van der Waals surface area contributed by atoms with Crippen LogP contribution in [0.15, 0.2) is 23.2 Å². The normalized spacial score (nSPS) is 16.5. The monoisotopic (exact) mass is 345 g/mol. The second kappa shape index (κ2) is 9.09. The van der Waals surface area contributed by atoms with Crippen molar-refractivity contribution in [3.05, 3.63) is 29.3 Å². The van der Waals surface area contributed by atoms with Crippen molar-refractivity contribution in [1.29, 1.82) is 0 Å². The molecule has 1 N–H and O–H groups in total. The summed E-state index contributed by atoms with van der Waals surface area (Å²) in [5.74, 6) is 2.83. The van der Waals surface area contributed by atoms with Crippen LogP contribution in [0.5, 0.6) is 5.75 Å². The van der Waals surface area contributed by atoms with Crippen molar-refractivity contribution in [2.45, 2.75) is 32.6 Å². The van der Waals surface area contributed by atoms with Crippen LogP contribution in [0, 0.1) is 5.92 Å². The Labute approximate surface area is 151 Å². The smallest absolute Gasteiger partial charge is 0.193 e. The highest BCUT2D eigenvalue weighted by Gasteiger charge is 2.21. The fourth-order valence-corrected chi connectivity index (χ4v) is 3.00. The van der Waals surface area contributed by atoms with Crippen LogP contribution in [-0.2, 0) is 17.6 Å². The standard InChI is InChI=1S/C20H31N3O2/c1-3-21-20(23(2)11-13-24-15-17-4-5-17)22-10-8-16-6-7-19-18(14-16)9-12-25-19/h6-7,14,17H,3-5,8-13,15H2,1-2H3,(H,21,22). The number of hydrogen-bond acceptors (Lipinski definition) is 3. The number of fused-ring (bicyclic) bond motifs is 1. The van der Waals surface area contributed by atoms with E-state index in [1.54, 1.807) is 0 Å². The fourth-order valence-electron chi connectivity index (χ4n) is 3.00. The van der Waals surface area contributed by atoms with Gasteiger partial charge in [-0.2, -0.15) is 0 Å². The number of guanidine groups is 1. The predicted octanol–water partition coefficient (Wildman–Crippen LogP) is 2.49. The molecule has 138 valence electrons. The van der Waals surface area contributed by atoms with Gasteiger partial charge in [-0.05, 0) is 49.3 Å². The third-order valence-electron chi connectivity index (χ3n) is 4.73. The number of likely N-dealkylation sites (N-methyl/N-ethyl adjacent to an activating group) is 1. The number of aliphatic imine (C=N–C) groups is 1. The van der Waals surface area contributed by atoms with Gasteiger partial charge in [0.05, 0.1) is 13.2 Å². The van der Waals surface area contributed by atoms with E-state index in [4.69, 9.17) is 14.5 Å². The highest BCUT2D eigenvalue weighted by atomic mass is 16.5. The molecule has 25 heavy (non-hydrogen) atoms. The van der Waals surface area contributed by atoms with Crippen LogP contribution in [0.2, 0.25) is 0 Å². The average Bonchev–Trinajstić information content (AvgIpc) is 3.33. The molecule has 1 aromatic rings. The third-order valence-corrected chi connectivity index (χ3v) is 4.73. The molecule has 1 aromatic carbocycles. The van der Waals surface area contributed by atoms with E-state index >= 15 is 0 Å². The Kier molecular flexibility index (Phi) is 6.56. The number of hydrogen-bond donors (Lipinski definition) is 1. The maximum atomic E-state index is 5.74. The van der Waals surface area contributed by atoms with Gasteiger partial charge in [-0.3, -0.25) is 4.99 Å². The molecule has 0 amide bonds. The van der Waals surface area contributed by atoms with Gasteiger partial charge in [0.25, 0.3) is 0 Å². The van der Waals surface area contributed by atoms with E-state index in [1.165, 1.54) is 24.0 Å². The van der Waals surface area contributed by atoms with E-state index in [0.717, 1.165) is 69.9 Å². The molecule has 0 saturated heterocycles. The van der Waals surface area contributed by atoms with E-state index in [0.29, 0.717) is 0 Å².